The van der Waals surface area contributed by atoms with Crippen LogP contribution < -0.4 is 10.6 Å². The molecule has 0 saturated carbocycles. The molecule has 6 heteroatoms. The lowest BCUT2D eigenvalue weighted by Crippen LogP contribution is -2.35. The van der Waals surface area contributed by atoms with Gasteiger partial charge in [-0.05, 0) is 24.6 Å². The molecule has 1 fully saturated rings. The summed E-state index contributed by atoms with van der Waals surface area (Å²) in [6.07, 6.45) is 0. The van der Waals surface area contributed by atoms with Gasteiger partial charge < -0.3 is 15.4 Å². The molecule has 0 aliphatic carbocycles. The Hall–Kier alpha value is -2.05. The smallest absolute Gasteiger partial charge is 0.130 e. The normalized spacial score (nSPS) is 18.2. The van der Waals surface area contributed by atoms with Gasteiger partial charge in [-0.25, -0.2) is 14.4 Å². The van der Waals surface area contributed by atoms with Gasteiger partial charge in [0.1, 0.15) is 17.5 Å². The van der Waals surface area contributed by atoms with Gasteiger partial charge in [0.05, 0.1) is 24.9 Å². The molecular weight excluding hydrogens is 283 g/mol. The van der Waals surface area contributed by atoms with E-state index in [0.29, 0.717) is 19.0 Å². The average Bonchev–Trinajstić information content (AvgIpc) is 2.55. The van der Waals surface area contributed by atoms with Crippen molar-refractivity contribution in [1.82, 2.24) is 15.3 Å². The minimum Gasteiger partial charge on any atom is -0.378 e. The van der Waals surface area contributed by atoms with Crippen LogP contribution in [0, 0.1) is 12.7 Å². The maximum absolute atomic E-state index is 12.9. The molecule has 3 rings (SSSR count). The molecule has 1 unspecified atom stereocenters. The van der Waals surface area contributed by atoms with E-state index in [0.717, 1.165) is 30.2 Å². The number of ether oxygens (including phenoxy) is 1. The van der Waals surface area contributed by atoms with Gasteiger partial charge in [-0.3, -0.25) is 0 Å². The van der Waals surface area contributed by atoms with Gasteiger partial charge in [0, 0.05) is 19.2 Å². The fourth-order valence-electron chi connectivity index (χ4n) is 2.41. The van der Waals surface area contributed by atoms with Crippen LogP contribution in [0.2, 0.25) is 0 Å². The van der Waals surface area contributed by atoms with Crippen LogP contribution in [0.5, 0.6) is 0 Å². The summed E-state index contributed by atoms with van der Waals surface area (Å²) in [7, 11) is 0. The third-order valence-electron chi connectivity index (χ3n) is 3.52. The molecule has 116 valence electrons. The highest BCUT2D eigenvalue weighted by atomic mass is 19.1. The van der Waals surface area contributed by atoms with Gasteiger partial charge in [-0.2, -0.15) is 0 Å². The molecule has 0 bridgehead atoms. The Morgan fingerprint density at radius 2 is 2.14 bits per heavy atom. The zero-order valence-corrected chi connectivity index (χ0v) is 12.5. The molecule has 1 atom stereocenters. The van der Waals surface area contributed by atoms with E-state index in [9.17, 15) is 4.39 Å². The first-order chi connectivity index (χ1) is 10.7. The van der Waals surface area contributed by atoms with E-state index in [2.05, 4.69) is 20.6 Å². The highest BCUT2D eigenvalue weighted by molar-refractivity contribution is 5.38. The number of nitrogens with one attached hydrogen (secondary N) is 2. The first-order valence-electron chi connectivity index (χ1n) is 7.36. The van der Waals surface area contributed by atoms with Crippen LogP contribution in [-0.2, 0) is 11.3 Å². The maximum atomic E-state index is 12.9. The average molecular weight is 302 g/mol. The number of benzene rings is 1. The van der Waals surface area contributed by atoms with Crippen LogP contribution in [0.15, 0.2) is 30.3 Å². The van der Waals surface area contributed by atoms with Crippen molar-refractivity contribution < 1.29 is 9.13 Å². The number of hydrogen-bond acceptors (Lipinski definition) is 5. The minimum absolute atomic E-state index is 0.0989. The van der Waals surface area contributed by atoms with Crippen LogP contribution in [0.25, 0.3) is 0 Å². The van der Waals surface area contributed by atoms with Crippen molar-refractivity contribution in [2.45, 2.75) is 19.5 Å². The van der Waals surface area contributed by atoms with Crippen LogP contribution in [0.1, 0.15) is 23.1 Å². The molecule has 0 radical (unpaired) electrons. The third-order valence-corrected chi connectivity index (χ3v) is 3.52. The Balaban J connectivity index is 1.70. The molecule has 22 heavy (non-hydrogen) atoms. The van der Waals surface area contributed by atoms with Gasteiger partial charge in [-0.15, -0.1) is 0 Å². The van der Waals surface area contributed by atoms with E-state index in [1.54, 1.807) is 12.1 Å². The fourth-order valence-corrected chi connectivity index (χ4v) is 2.41. The van der Waals surface area contributed by atoms with E-state index in [1.165, 1.54) is 12.1 Å². The highest BCUT2D eigenvalue weighted by Crippen LogP contribution is 2.17. The Morgan fingerprint density at radius 3 is 2.86 bits per heavy atom. The summed E-state index contributed by atoms with van der Waals surface area (Å²) >= 11 is 0. The van der Waals surface area contributed by atoms with Crippen molar-refractivity contribution in [1.29, 1.82) is 0 Å². The largest absolute Gasteiger partial charge is 0.378 e. The SMILES string of the molecule is Cc1nc(NCc2ccc(F)cc2)cc(C2COCCN2)n1. The van der Waals surface area contributed by atoms with Crippen molar-refractivity contribution in [3.05, 3.63) is 53.2 Å². The summed E-state index contributed by atoms with van der Waals surface area (Å²) in [4.78, 5) is 8.88. The second-order valence-corrected chi connectivity index (χ2v) is 5.29. The quantitative estimate of drug-likeness (QED) is 0.906. The Morgan fingerprint density at radius 1 is 1.32 bits per heavy atom. The number of aryl methyl sites for hydroxylation is 1. The number of hydrogen-bond donors (Lipinski definition) is 2. The molecule has 2 aromatic rings. The lowest BCUT2D eigenvalue weighted by atomic mass is 10.2. The number of nitrogens with zero attached hydrogens (tertiary/aromatic N) is 2. The fraction of sp³-hybridized carbons (Fsp3) is 0.375. The maximum Gasteiger partial charge on any atom is 0.130 e. The van der Waals surface area contributed by atoms with E-state index < -0.39 is 0 Å². The molecule has 2 heterocycles. The van der Waals surface area contributed by atoms with E-state index in [1.807, 2.05) is 13.0 Å². The summed E-state index contributed by atoms with van der Waals surface area (Å²) in [6.45, 7) is 4.64. The number of rotatable bonds is 4. The molecule has 5 nitrogen and oxygen atoms in total. The molecule has 2 N–H and O–H groups in total. The monoisotopic (exact) mass is 302 g/mol. The zero-order valence-electron chi connectivity index (χ0n) is 12.5. The standard InChI is InChI=1S/C16H19FN4O/c1-11-20-14(15-10-22-7-6-18-15)8-16(21-11)19-9-12-2-4-13(17)5-3-12/h2-5,8,15,18H,6-7,9-10H2,1H3,(H,19,20,21). The first kappa shape index (κ1) is 14.9. The van der Waals surface area contributed by atoms with Crippen molar-refractivity contribution in [2.24, 2.45) is 0 Å². The van der Waals surface area contributed by atoms with Gasteiger partial charge in [0.2, 0.25) is 0 Å². The Labute approximate surface area is 128 Å². The molecular formula is C16H19FN4O. The summed E-state index contributed by atoms with van der Waals surface area (Å²) in [5.41, 5.74) is 1.92. The first-order valence-corrected chi connectivity index (χ1v) is 7.36. The molecule has 0 spiro atoms. The summed E-state index contributed by atoms with van der Waals surface area (Å²) < 4.78 is 18.4. The minimum atomic E-state index is -0.229. The molecule has 1 aliphatic rings. The third kappa shape index (κ3) is 3.78. The summed E-state index contributed by atoms with van der Waals surface area (Å²) in [5.74, 6) is 1.25. The van der Waals surface area contributed by atoms with Crippen LogP contribution in [0.4, 0.5) is 10.2 Å². The Kier molecular flexibility index (Phi) is 4.60. The van der Waals surface area contributed by atoms with Gasteiger partial charge >= 0.3 is 0 Å². The second-order valence-electron chi connectivity index (χ2n) is 5.29. The van der Waals surface area contributed by atoms with Crippen LogP contribution in [-0.4, -0.2) is 29.7 Å². The van der Waals surface area contributed by atoms with E-state index in [-0.39, 0.29) is 11.9 Å². The van der Waals surface area contributed by atoms with E-state index in [4.69, 9.17) is 4.74 Å². The zero-order chi connectivity index (χ0) is 15.4. The predicted molar refractivity (Wildman–Crippen MR) is 82.1 cm³/mol. The molecule has 1 saturated heterocycles. The number of anilines is 1. The van der Waals surface area contributed by atoms with Crippen molar-refractivity contribution in [3.63, 3.8) is 0 Å². The lowest BCUT2D eigenvalue weighted by Gasteiger charge is -2.23. The van der Waals surface area contributed by atoms with Crippen molar-refractivity contribution in [2.75, 3.05) is 25.1 Å². The number of aromatic nitrogens is 2. The molecule has 1 aromatic heterocycles. The highest BCUT2D eigenvalue weighted by Gasteiger charge is 2.17. The molecule has 1 aliphatic heterocycles. The van der Waals surface area contributed by atoms with Gasteiger partial charge in [0.15, 0.2) is 0 Å². The topological polar surface area (TPSA) is 59.1 Å². The summed E-state index contributed by atoms with van der Waals surface area (Å²) in [5, 5.41) is 6.64. The summed E-state index contributed by atoms with van der Waals surface area (Å²) in [6, 6.07) is 8.46. The number of morpholine rings is 1. The van der Waals surface area contributed by atoms with Crippen LogP contribution in [0.3, 0.4) is 0 Å². The second kappa shape index (κ2) is 6.81. The van der Waals surface area contributed by atoms with Gasteiger partial charge in [0.25, 0.3) is 0 Å². The van der Waals surface area contributed by atoms with E-state index >= 15 is 0 Å². The molecule has 0 amide bonds. The molecule has 1 aromatic carbocycles. The predicted octanol–water partition coefficient (Wildman–Crippen LogP) is 2.20. The van der Waals surface area contributed by atoms with Crippen molar-refractivity contribution >= 4 is 5.82 Å². The Bertz CT molecular complexity index is 627. The van der Waals surface area contributed by atoms with Gasteiger partial charge in [-0.1, -0.05) is 12.1 Å². The number of halogens is 1. The lowest BCUT2D eigenvalue weighted by molar-refractivity contribution is 0.0755. The van der Waals surface area contributed by atoms with Crippen molar-refractivity contribution in [3.8, 4) is 0 Å². The van der Waals surface area contributed by atoms with Crippen LogP contribution >= 0.6 is 0 Å².